The second kappa shape index (κ2) is 9.65. The van der Waals surface area contributed by atoms with Crippen molar-refractivity contribution >= 4 is 15.6 Å². The molecule has 0 aliphatic rings. The number of nitrogens with zero attached hydrogens (tertiary/aromatic N) is 5. The first-order valence-corrected chi connectivity index (χ1v) is 11.2. The average Bonchev–Trinajstić information content (AvgIpc) is 2.77. The van der Waals surface area contributed by atoms with Gasteiger partial charge in [0.05, 0.1) is 0 Å². The molecular weight excluding hydrogens is 466 g/mol. The van der Waals surface area contributed by atoms with E-state index >= 15 is 0 Å². The van der Waals surface area contributed by atoms with Crippen LogP contribution in [-0.4, -0.2) is 30.2 Å². The van der Waals surface area contributed by atoms with E-state index in [2.05, 4.69) is 24.3 Å². The summed E-state index contributed by atoms with van der Waals surface area (Å²) < 4.78 is 3.92. The number of rotatable bonds is 4. The first-order chi connectivity index (χ1) is 14.2. The molecule has 0 saturated heterocycles. The van der Waals surface area contributed by atoms with Crippen molar-refractivity contribution in [1.29, 1.82) is 0 Å². The molecule has 4 heterocycles. The SMILES string of the molecule is O=[N+]([O-])O.c1cc[c]([Ag]([c]2ccccn2)([c]2ccccn2)[c]2ccccn2)nc1. The molecule has 29 heavy (non-hydrogen) atoms. The second-order valence-corrected chi connectivity index (χ2v) is 10.4. The van der Waals surface area contributed by atoms with Gasteiger partial charge in [-0.05, 0) is 0 Å². The van der Waals surface area contributed by atoms with Crippen molar-refractivity contribution in [2.45, 2.75) is 0 Å². The van der Waals surface area contributed by atoms with Crippen molar-refractivity contribution in [3.05, 3.63) is 108 Å². The molecule has 9 heteroatoms. The molecule has 4 aromatic heterocycles. The van der Waals surface area contributed by atoms with Crippen molar-refractivity contribution in [3.8, 4) is 0 Å². The van der Waals surface area contributed by atoms with Gasteiger partial charge in [-0.15, -0.1) is 10.1 Å². The van der Waals surface area contributed by atoms with Gasteiger partial charge in [0.15, 0.2) is 0 Å². The van der Waals surface area contributed by atoms with Gasteiger partial charge in [-0.2, -0.15) is 0 Å². The van der Waals surface area contributed by atoms with E-state index in [1.165, 1.54) is 0 Å². The minimum absolute atomic E-state index is 0.979. The second-order valence-electron chi connectivity index (χ2n) is 5.14. The van der Waals surface area contributed by atoms with Crippen LogP contribution in [0.4, 0.5) is 0 Å². The van der Waals surface area contributed by atoms with E-state index in [1.54, 1.807) is 0 Å². The summed E-state index contributed by atoms with van der Waals surface area (Å²) in [5.74, 6) is 0. The number of hydrogen-bond acceptors (Lipinski definition) is 6. The third kappa shape index (κ3) is 4.52. The van der Waals surface area contributed by atoms with E-state index in [9.17, 15) is 0 Å². The Bertz CT molecular complexity index is 871. The molecule has 0 aromatic carbocycles. The van der Waals surface area contributed by atoms with Gasteiger partial charge in [-0.3, -0.25) is 0 Å². The van der Waals surface area contributed by atoms with E-state index in [-0.39, 0.29) is 0 Å². The van der Waals surface area contributed by atoms with Crippen molar-refractivity contribution in [2.24, 2.45) is 0 Å². The van der Waals surface area contributed by atoms with Crippen LogP contribution in [0.15, 0.2) is 97.6 Å². The molecule has 4 aromatic rings. The van der Waals surface area contributed by atoms with Crippen LogP contribution >= 0.6 is 0 Å². The zero-order valence-electron chi connectivity index (χ0n) is 15.0. The molecule has 0 fully saturated rings. The minimum atomic E-state index is -2.76. The van der Waals surface area contributed by atoms with Crippen LogP contribution in [0.5, 0.6) is 0 Å². The van der Waals surface area contributed by atoms with Gasteiger partial charge in [-0.1, -0.05) is 0 Å². The molecule has 151 valence electrons. The van der Waals surface area contributed by atoms with Gasteiger partial charge in [0.25, 0.3) is 5.09 Å². The Labute approximate surface area is 170 Å². The summed E-state index contributed by atoms with van der Waals surface area (Å²) in [6, 6.07) is 24.0. The fourth-order valence-electron chi connectivity index (χ4n) is 2.33. The van der Waals surface area contributed by atoms with Crippen molar-refractivity contribution < 1.29 is 27.4 Å². The monoisotopic (exact) mass is 482 g/mol. The number of aromatic nitrogens is 4. The zero-order chi connectivity index (χ0) is 20.5. The summed E-state index contributed by atoms with van der Waals surface area (Å²) in [6.07, 6.45) is 7.30. The third-order valence-corrected chi connectivity index (χ3v) is 9.66. The molecule has 0 radical (unpaired) electrons. The fraction of sp³-hybridized carbons (Fsp3) is 0. The van der Waals surface area contributed by atoms with Crippen molar-refractivity contribution in [2.75, 3.05) is 0 Å². The predicted molar refractivity (Wildman–Crippen MR) is 104 cm³/mol. The van der Waals surface area contributed by atoms with E-state index in [4.69, 9.17) is 35.3 Å². The Morgan fingerprint density at radius 3 is 1.03 bits per heavy atom. The van der Waals surface area contributed by atoms with Gasteiger partial charge in [0.2, 0.25) is 0 Å². The molecule has 0 unspecified atom stereocenters. The molecule has 0 saturated carbocycles. The summed E-state index contributed by atoms with van der Waals surface area (Å²) in [4.78, 5) is 27.3. The van der Waals surface area contributed by atoms with Gasteiger partial charge in [0.1, 0.15) is 0 Å². The summed E-state index contributed by atoms with van der Waals surface area (Å²) in [5.41, 5.74) is 0. The summed E-state index contributed by atoms with van der Waals surface area (Å²) >= 11 is -2.76. The molecule has 0 aliphatic carbocycles. The summed E-state index contributed by atoms with van der Waals surface area (Å²) in [5, 5.41) is 13.6. The van der Waals surface area contributed by atoms with E-state index in [0.29, 0.717) is 0 Å². The molecule has 4 rings (SSSR count). The molecule has 1 N–H and O–H groups in total. The van der Waals surface area contributed by atoms with Crippen LogP contribution in [0.3, 0.4) is 0 Å². The maximum absolute atomic E-state index is 8.36. The summed E-state index contributed by atoms with van der Waals surface area (Å²) in [6.45, 7) is 0. The number of hydrogen-bond donors (Lipinski definition) is 1. The molecule has 0 aliphatic heterocycles. The van der Waals surface area contributed by atoms with E-state index in [0.717, 1.165) is 15.6 Å². The topological polar surface area (TPSA) is 115 Å². The van der Waals surface area contributed by atoms with Gasteiger partial charge in [-0.25, -0.2) is 0 Å². The van der Waals surface area contributed by atoms with Crippen LogP contribution in [0.1, 0.15) is 0 Å². The van der Waals surface area contributed by atoms with Crippen molar-refractivity contribution in [1.82, 2.24) is 19.9 Å². The van der Waals surface area contributed by atoms with Gasteiger partial charge < -0.3 is 5.21 Å². The fourth-order valence-corrected chi connectivity index (χ4v) is 8.30. The maximum atomic E-state index is 8.36. The van der Waals surface area contributed by atoms with Crippen molar-refractivity contribution in [3.63, 3.8) is 0 Å². The van der Waals surface area contributed by atoms with Crippen LogP contribution in [-0.2, 0) is 17.1 Å². The molecule has 0 spiro atoms. The Hall–Kier alpha value is -3.46. The first-order valence-electron chi connectivity index (χ1n) is 8.25. The third-order valence-electron chi connectivity index (χ3n) is 3.35. The normalized spacial score (nSPS) is 11.0. The van der Waals surface area contributed by atoms with Crippen LogP contribution in [0, 0.1) is 10.1 Å². The standard InChI is InChI=1S/4C5H4N.Ag.HNO3/c4*1-2-4-6-5-3-1;;2-1(3)4/h4*1-4H;;(H,2,3,4). The molecule has 8 nitrogen and oxygen atoms in total. The average molecular weight is 483 g/mol. The van der Waals surface area contributed by atoms with E-state index < -0.39 is 22.2 Å². The quantitative estimate of drug-likeness (QED) is 0.258. The van der Waals surface area contributed by atoms with Crippen LogP contribution in [0.25, 0.3) is 0 Å². The molecule has 0 bridgehead atoms. The molecule has 0 atom stereocenters. The predicted octanol–water partition coefficient (Wildman–Crippen LogP) is 0.675. The van der Waals surface area contributed by atoms with Crippen LogP contribution < -0.4 is 15.6 Å². The first kappa shape index (κ1) is 20.3. The number of pyridine rings is 4. The van der Waals surface area contributed by atoms with E-state index in [1.807, 2.05) is 73.3 Å². The molecular formula is C20H17AgN5O3. The van der Waals surface area contributed by atoms with Gasteiger partial charge in [0, 0.05) is 0 Å². The van der Waals surface area contributed by atoms with Crippen LogP contribution in [0.2, 0.25) is 0 Å². The Morgan fingerprint density at radius 2 is 0.862 bits per heavy atom. The Kier molecular flexibility index (Phi) is 6.75. The zero-order valence-corrected chi connectivity index (χ0v) is 16.5. The summed E-state index contributed by atoms with van der Waals surface area (Å²) in [7, 11) is 0. The Balaban J connectivity index is 0.000000552. The molecule has 0 amide bonds. The van der Waals surface area contributed by atoms with Gasteiger partial charge >= 0.3 is 150 Å². The Morgan fingerprint density at radius 1 is 0.621 bits per heavy atom.